The van der Waals surface area contributed by atoms with Crippen LogP contribution >= 0.6 is 0 Å². The van der Waals surface area contributed by atoms with E-state index in [0.29, 0.717) is 0 Å². The van der Waals surface area contributed by atoms with E-state index in [2.05, 4.69) is 6.07 Å². The van der Waals surface area contributed by atoms with E-state index in [4.69, 9.17) is 4.74 Å². The van der Waals surface area contributed by atoms with Crippen molar-refractivity contribution in [3.8, 4) is 5.75 Å². The topological polar surface area (TPSA) is 9.23 Å². The first kappa shape index (κ1) is 13.8. The van der Waals surface area contributed by atoms with Crippen LogP contribution in [0.25, 0.3) is 0 Å². The van der Waals surface area contributed by atoms with Crippen molar-refractivity contribution in [2.24, 2.45) is 0 Å². The van der Waals surface area contributed by atoms with Gasteiger partial charge >= 0.3 is 0 Å². The van der Waals surface area contributed by atoms with Gasteiger partial charge in [0.15, 0.2) is 0 Å². The summed E-state index contributed by atoms with van der Waals surface area (Å²) in [5, 5.41) is 0. The van der Waals surface area contributed by atoms with Crippen molar-refractivity contribution in [1.82, 2.24) is 0 Å². The maximum absolute atomic E-state index is 4.86. The molecule has 10 heavy (non-hydrogen) atoms. The van der Waals surface area contributed by atoms with Crippen LogP contribution in [-0.4, -0.2) is 7.11 Å². The summed E-state index contributed by atoms with van der Waals surface area (Å²) >= 11 is 0. The van der Waals surface area contributed by atoms with Crippen LogP contribution in [0, 0.1) is 53.0 Å². The van der Waals surface area contributed by atoms with Crippen molar-refractivity contribution in [3.63, 3.8) is 0 Å². The van der Waals surface area contributed by atoms with Gasteiger partial charge < -0.3 is 28.7 Å². The van der Waals surface area contributed by atoms with E-state index in [-0.39, 0.29) is 70.9 Å². The molecule has 0 saturated heterocycles. The zero-order valence-corrected chi connectivity index (χ0v) is 9.24. The van der Waals surface area contributed by atoms with Crippen molar-refractivity contribution in [2.75, 3.05) is 7.11 Å². The van der Waals surface area contributed by atoms with Crippen LogP contribution in [0.15, 0.2) is 24.3 Å². The summed E-state index contributed by atoms with van der Waals surface area (Å²) in [4.78, 5) is 0. The largest absolute Gasteiger partial charge is 1.00 e. The molecule has 0 amide bonds. The van der Waals surface area contributed by atoms with Gasteiger partial charge in [0, 0.05) is 53.0 Å². The van der Waals surface area contributed by atoms with Crippen molar-refractivity contribution in [1.29, 1.82) is 0 Å². The van der Waals surface area contributed by atoms with E-state index < -0.39 is 0 Å². The zero-order chi connectivity index (χ0) is 5.82. The molecule has 63 valence electrons. The number of halogens is 1. The fraction of sp³-hybridized carbons (Fsp3) is 0.143. The quantitative estimate of drug-likeness (QED) is 0.516. The van der Waals surface area contributed by atoms with E-state index in [0.717, 1.165) is 5.75 Å². The number of hydrogen-bond donors (Lipinski definition) is 0. The molecule has 1 rings (SSSR count). The Hall–Kier alpha value is 1.27. The van der Waals surface area contributed by atoms with E-state index in [1.807, 2.05) is 24.3 Å². The molecule has 0 fully saturated rings. The first-order valence-electron chi connectivity index (χ1n) is 2.44. The summed E-state index contributed by atoms with van der Waals surface area (Å²) in [6.07, 6.45) is 0. The summed E-state index contributed by atoms with van der Waals surface area (Å²) < 4.78 is 4.86. The summed E-state index contributed by atoms with van der Waals surface area (Å²) in [5.41, 5.74) is 0. The zero-order valence-electron chi connectivity index (χ0n) is 5.36. The SMILES string of the molecule is COc1[c]cccc1.[I-].[Yb]. The molecule has 1 aromatic carbocycles. The average molecular weight is 407 g/mol. The van der Waals surface area contributed by atoms with E-state index in [1.54, 1.807) is 7.11 Å². The van der Waals surface area contributed by atoms with Crippen LogP contribution in [0.3, 0.4) is 0 Å². The van der Waals surface area contributed by atoms with E-state index in [1.165, 1.54) is 0 Å². The molecule has 1 aromatic rings. The van der Waals surface area contributed by atoms with E-state index >= 15 is 0 Å². The summed E-state index contributed by atoms with van der Waals surface area (Å²) in [6.45, 7) is 0. The number of hydrogen-bond acceptors (Lipinski definition) is 1. The minimum atomic E-state index is 0. The van der Waals surface area contributed by atoms with Gasteiger partial charge in [-0.25, -0.2) is 0 Å². The minimum absolute atomic E-state index is 0. The second-order valence-corrected chi connectivity index (χ2v) is 1.43. The monoisotopic (exact) mass is 408 g/mol. The number of rotatable bonds is 1. The third kappa shape index (κ3) is 4.99. The van der Waals surface area contributed by atoms with Crippen LogP contribution in [0.4, 0.5) is 0 Å². The first-order chi connectivity index (χ1) is 3.93. The Labute approximate surface area is 117 Å². The van der Waals surface area contributed by atoms with Gasteiger partial charge in [-0.1, -0.05) is 18.2 Å². The molecular formula is C7H7IOYb-. The molecule has 0 aromatic heterocycles. The maximum atomic E-state index is 4.86. The first-order valence-corrected chi connectivity index (χ1v) is 2.44. The normalized spacial score (nSPS) is 6.90. The van der Waals surface area contributed by atoms with Crippen molar-refractivity contribution in [2.45, 2.75) is 0 Å². The van der Waals surface area contributed by atoms with Gasteiger partial charge in [-0.2, -0.15) is 0 Å². The standard InChI is InChI=1S/C7H7O.HI.Yb/c1-8-7-5-3-2-4-6-7;;/h2-5H,1H3;1H;/p-1. The van der Waals surface area contributed by atoms with Crippen LogP contribution in [0.5, 0.6) is 5.75 Å². The van der Waals surface area contributed by atoms with Gasteiger partial charge in [0.1, 0.15) is 5.75 Å². The molecule has 0 aliphatic heterocycles. The summed E-state index contributed by atoms with van der Waals surface area (Å²) in [6, 6.07) is 10.4. The summed E-state index contributed by atoms with van der Waals surface area (Å²) in [5.74, 6) is 0.785. The van der Waals surface area contributed by atoms with Gasteiger partial charge in [-0.05, 0) is 6.07 Å². The molecule has 0 N–H and O–H groups in total. The smallest absolute Gasteiger partial charge is 0.126 e. The molecule has 0 bridgehead atoms. The molecule has 0 aliphatic carbocycles. The Bertz CT molecular complexity index is 155. The molecule has 1 radical (unpaired) electrons. The minimum Gasteiger partial charge on any atom is -1.00 e. The Morgan fingerprint density at radius 3 is 2.40 bits per heavy atom. The number of para-hydroxylation sites is 1. The predicted octanol–water partition coefficient (Wildman–Crippen LogP) is -1.50. The third-order valence-electron chi connectivity index (χ3n) is 0.900. The Kier molecular flexibility index (Phi) is 11.6. The van der Waals surface area contributed by atoms with Gasteiger partial charge in [0.05, 0.1) is 7.11 Å². The second-order valence-electron chi connectivity index (χ2n) is 1.43. The molecular weight excluding hydrogens is 400 g/mol. The fourth-order valence-electron chi connectivity index (χ4n) is 0.504. The van der Waals surface area contributed by atoms with Crippen molar-refractivity contribution in [3.05, 3.63) is 30.3 Å². The van der Waals surface area contributed by atoms with Crippen molar-refractivity contribution >= 4 is 0 Å². The Morgan fingerprint density at radius 2 is 2.10 bits per heavy atom. The maximum Gasteiger partial charge on any atom is 0.126 e. The molecule has 3 heteroatoms. The fourth-order valence-corrected chi connectivity index (χ4v) is 0.504. The molecule has 0 unspecified atom stereocenters. The Balaban J connectivity index is 0. The van der Waals surface area contributed by atoms with Crippen LogP contribution in [-0.2, 0) is 0 Å². The number of benzene rings is 1. The average Bonchev–Trinajstić information content (AvgIpc) is 1.90. The van der Waals surface area contributed by atoms with Crippen LogP contribution in [0.2, 0.25) is 0 Å². The van der Waals surface area contributed by atoms with Crippen LogP contribution in [0.1, 0.15) is 0 Å². The molecule has 0 saturated carbocycles. The van der Waals surface area contributed by atoms with Crippen molar-refractivity contribution < 1.29 is 75.6 Å². The van der Waals surface area contributed by atoms with E-state index in [9.17, 15) is 0 Å². The molecule has 0 heterocycles. The van der Waals surface area contributed by atoms with Gasteiger partial charge in [-0.15, -0.1) is 0 Å². The Morgan fingerprint density at radius 1 is 1.40 bits per heavy atom. The van der Waals surface area contributed by atoms with Gasteiger partial charge in [-0.3, -0.25) is 0 Å². The summed E-state index contributed by atoms with van der Waals surface area (Å²) in [7, 11) is 1.63. The molecule has 1 nitrogen and oxygen atoms in total. The second kappa shape index (κ2) is 8.37. The predicted molar refractivity (Wildman–Crippen MR) is 31.8 cm³/mol. The number of ether oxygens (including phenoxy) is 1. The number of methoxy groups -OCH3 is 1. The van der Waals surface area contributed by atoms with Crippen LogP contribution < -0.4 is 28.7 Å². The van der Waals surface area contributed by atoms with Gasteiger partial charge in [0.25, 0.3) is 0 Å². The molecule has 0 atom stereocenters. The molecule has 0 aliphatic rings. The molecule has 0 spiro atoms. The third-order valence-corrected chi connectivity index (χ3v) is 0.900. The van der Waals surface area contributed by atoms with Gasteiger partial charge in [0.2, 0.25) is 0 Å².